The minimum Gasteiger partial charge on any atom is -0.378 e. The third-order valence-corrected chi connectivity index (χ3v) is 5.55. The van der Waals surface area contributed by atoms with E-state index in [2.05, 4.69) is 100 Å². The summed E-state index contributed by atoms with van der Waals surface area (Å²) in [6.45, 7) is 4.32. The van der Waals surface area contributed by atoms with Crippen molar-refractivity contribution in [2.75, 3.05) is 38.0 Å². The molecule has 3 aromatic rings. The van der Waals surface area contributed by atoms with Gasteiger partial charge in [0.2, 0.25) is 0 Å². The highest BCUT2D eigenvalue weighted by atomic mass is 15.1. The van der Waals surface area contributed by atoms with Gasteiger partial charge in [-0.3, -0.25) is 0 Å². The van der Waals surface area contributed by atoms with E-state index in [4.69, 9.17) is 0 Å². The molecule has 0 atom stereocenters. The van der Waals surface area contributed by atoms with E-state index < -0.39 is 0 Å². The number of hydrogen-bond acceptors (Lipinski definition) is 3. The molecule has 0 radical (unpaired) electrons. The first kappa shape index (κ1) is 20.5. The highest BCUT2D eigenvalue weighted by molar-refractivity contribution is 5.59. The molecular formula is C26H29N3. The van der Waals surface area contributed by atoms with Crippen LogP contribution in [0.15, 0.2) is 60.7 Å². The van der Waals surface area contributed by atoms with Crippen molar-refractivity contribution in [1.82, 2.24) is 0 Å². The van der Waals surface area contributed by atoms with Crippen LogP contribution >= 0.6 is 0 Å². The lowest BCUT2D eigenvalue weighted by atomic mass is 9.79. The van der Waals surface area contributed by atoms with Crippen LogP contribution in [0, 0.1) is 25.2 Å². The lowest BCUT2D eigenvalue weighted by Crippen LogP contribution is -2.13. The fourth-order valence-corrected chi connectivity index (χ4v) is 3.88. The van der Waals surface area contributed by atoms with E-state index in [-0.39, 0.29) is 5.92 Å². The van der Waals surface area contributed by atoms with Gasteiger partial charge in [-0.05, 0) is 72.0 Å². The van der Waals surface area contributed by atoms with Gasteiger partial charge in [-0.15, -0.1) is 0 Å². The molecule has 0 spiro atoms. The summed E-state index contributed by atoms with van der Waals surface area (Å²) in [5.74, 6) is 0.0123. The number of nitriles is 1. The van der Waals surface area contributed by atoms with E-state index >= 15 is 0 Å². The molecule has 0 aromatic heterocycles. The predicted octanol–water partition coefficient (Wildman–Crippen LogP) is 5.49. The number of benzene rings is 3. The molecule has 0 fully saturated rings. The fourth-order valence-electron chi connectivity index (χ4n) is 3.88. The Morgan fingerprint density at radius 3 is 1.59 bits per heavy atom. The van der Waals surface area contributed by atoms with Crippen LogP contribution in [0.25, 0.3) is 0 Å². The van der Waals surface area contributed by atoms with Crippen molar-refractivity contribution < 1.29 is 0 Å². The van der Waals surface area contributed by atoms with Crippen LogP contribution in [0.4, 0.5) is 11.4 Å². The molecule has 0 N–H and O–H groups in total. The van der Waals surface area contributed by atoms with Crippen LogP contribution in [0.5, 0.6) is 0 Å². The molecule has 0 saturated carbocycles. The van der Waals surface area contributed by atoms with E-state index in [0.717, 1.165) is 11.1 Å². The van der Waals surface area contributed by atoms with Crippen LogP contribution in [-0.4, -0.2) is 28.2 Å². The Hall–Kier alpha value is -3.25. The van der Waals surface area contributed by atoms with Gasteiger partial charge in [-0.2, -0.15) is 5.26 Å². The molecule has 0 amide bonds. The zero-order valence-corrected chi connectivity index (χ0v) is 18.2. The molecule has 0 aliphatic rings. The number of aryl methyl sites for hydroxylation is 2. The predicted molar refractivity (Wildman–Crippen MR) is 123 cm³/mol. The Morgan fingerprint density at radius 2 is 1.17 bits per heavy atom. The monoisotopic (exact) mass is 383 g/mol. The molecule has 3 rings (SSSR count). The van der Waals surface area contributed by atoms with Crippen LogP contribution in [0.2, 0.25) is 0 Å². The third-order valence-electron chi connectivity index (χ3n) is 5.55. The van der Waals surface area contributed by atoms with Crippen molar-refractivity contribution >= 4 is 11.4 Å². The van der Waals surface area contributed by atoms with Crippen molar-refractivity contribution in [2.45, 2.75) is 19.8 Å². The average Bonchev–Trinajstić information content (AvgIpc) is 2.70. The summed E-state index contributed by atoms with van der Waals surface area (Å²) in [6, 6.07) is 23.5. The number of nitrogens with zero attached hydrogens (tertiary/aromatic N) is 3. The van der Waals surface area contributed by atoms with Crippen molar-refractivity contribution in [1.29, 1.82) is 5.26 Å². The summed E-state index contributed by atoms with van der Waals surface area (Å²) in [5, 5.41) is 9.77. The Bertz CT molecular complexity index is 1000. The summed E-state index contributed by atoms with van der Waals surface area (Å²) < 4.78 is 0. The topological polar surface area (TPSA) is 30.3 Å². The summed E-state index contributed by atoms with van der Waals surface area (Å²) in [4.78, 5) is 4.23. The van der Waals surface area contributed by atoms with E-state index in [1.165, 1.54) is 33.6 Å². The highest BCUT2D eigenvalue weighted by Crippen LogP contribution is 2.38. The van der Waals surface area contributed by atoms with Crippen LogP contribution in [-0.2, 0) is 0 Å². The first-order valence-corrected chi connectivity index (χ1v) is 9.88. The Morgan fingerprint density at radius 1 is 0.690 bits per heavy atom. The molecule has 0 heterocycles. The zero-order chi connectivity index (χ0) is 21.1. The van der Waals surface area contributed by atoms with Crippen molar-refractivity contribution in [3.05, 3.63) is 94.0 Å². The molecule has 29 heavy (non-hydrogen) atoms. The average molecular weight is 384 g/mol. The smallest absolute Gasteiger partial charge is 0.0994 e. The number of rotatable bonds is 5. The van der Waals surface area contributed by atoms with Crippen LogP contribution in [0.3, 0.4) is 0 Å². The van der Waals surface area contributed by atoms with Gasteiger partial charge in [-0.1, -0.05) is 30.3 Å². The SMILES string of the molecule is Cc1cc(N(C)C)ccc1C(c1ccc(N(C)C)cc1C)c1ccccc1C#N. The van der Waals surface area contributed by atoms with Gasteiger partial charge in [0.1, 0.15) is 0 Å². The molecule has 3 heteroatoms. The van der Waals surface area contributed by atoms with Gasteiger partial charge in [-0.25, -0.2) is 0 Å². The Labute approximate surface area is 174 Å². The number of anilines is 2. The second-order valence-corrected chi connectivity index (χ2v) is 8.00. The van der Waals surface area contributed by atoms with Gasteiger partial charge in [0.05, 0.1) is 11.6 Å². The lowest BCUT2D eigenvalue weighted by Gasteiger charge is -2.26. The van der Waals surface area contributed by atoms with Gasteiger partial charge in [0, 0.05) is 45.5 Å². The van der Waals surface area contributed by atoms with E-state index in [1.54, 1.807) is 0 Å². The van der Waals surface area contributed by atoms with Crippen LogP contribution in [0.1, 0.15) is 39.3 Å². The normalized spacial score (nSPS) is 10.7. The molecule has 148 valence electrons. The Kier molecular flexibility index (Phi) is 5.94. The fraction of sp³-hybridized carbons (Fsp3) is 0.269. The molecule has 3 aromatic carbocycles. The third kappa shape index (κ3) is 4.12. The molecule has 0 bridgehead atoms. The van der Waals surface area contributed by atoms with Gasteiger partial charge in [0.15, 0.2) is 0 Å². The lowest BCUT2D eigenvalue weighted by molar-refractivity contribution is 0.940. The maximum atomic E-state index is 9.77. The van der Waals surface area contributed by atoms with E-state index in [0.29, 0.717) is 0 Å². The second-order valence-electron chi connectivity index (χ2n) is 8.00. The summed E-state index contributed by atoms with van der Waals surface area (Å²) >= 11 is 0. The first-order valence-electron chi connectivity index (χ1n) is 9.88. The molecule has 0 aliphatic heterocycles. The summed E-state index contributed by atoms with van der Waals surface area (Å²) in [5.41, 5.74) is 9.06. The minimum atomic E-state index is 0.0123. The highest BCUT2D eigenvalue weighted by Gasteiger charge is 2.23. The van der Waals surface area contributed by atoms with Crippen molar-refractivity contribution in [3.8, 4) is 6.07 Å². The van der Waals surface area contributed by atoms with Gasteiger partial charge < -0.3 is 9.80 Å². The van der Waals surface area contributed by atoms with E-state index in [1.807, 2.05) is 18.2 Å². The molecule has 0 unspecified atom stereocenters. The molecular weight excluding hydrogens is 354 g/mol. The maximum Gasteiger partial charge on any atom is 0.0994 e. The summed E-state index contributed by atoms with van der Waals surface area (Å²) in [7, 11) is 8.23. The summed E-state index contributed by atoms with van der Waals surface area (Å²) in [6.07, 6.45) is 0. The second kappa shape index (κ2) is 8.41. The minimum absolute atomic E-state index is 0.0123. The molecule has 3 nitrogen and oxygen atoms in total. The molecule has 0 saturated heterocycles. The largest absolute Gasteiger partial charge is 0.378 e. The van der Waals surface area contributed by atoms with E-state index in [9.17, 15) is 5.26 Å². The van der Waals surface area contributed by atoms with Crippen molar-refractivity contribution in [3.63, 3.8) is 0 Å². The Balaban J connectivity index is 2.26. The molecule has 0 aliphatic carbocycles. The maximum absolute atomic E-state index is 9.77. The standard InChI is InChI=1S/C26H29N3/c1-18-15-21(28(3)4)11-13-23(18)26(25-10-8-7-9-20(25)17-27)24-14-12-22(29(5)6)16-19(24)2/h7-16,26H,1-6H3. The first-order chi connectivity index (χ1) is 13.8. The van der Waals surface area contributed by atoms with Gasteiger partial charge >= 0.3 is 0 Å². The quantitative estimate of drug-likeness (QED) is 0.546. The zero-order valence-electron chi connectivity index (χ0n) is 18.2. The van der Waals surface area contributed by atoms with Crippen LogP contribution < -0.4 is 9.80 Å². The number of hydrogen-bond donors (Lipinski definition) is 0. The van der Waals surface area contributed by atoms with Crippen molar-refractivity contribution in [2.24, 2.45) is 0 Å². The van der Waals surface area contributed by atoms with Gasteiger partial charge in [0.25, 0.3) is 0 Å².